The van der Waals surface area contributed by atoms with Crippen LogP contribution in [0.25, 0.3) is 22.3 Å². The molecular weight excluding hydrogens is 408 g/mol. The minimum absolute atomic E-state index is 0.0713. The number of methoxy groups -OCH3 is 1. The van der Waals surface area contributed by atoms with Crippen LogP contribution >= 0.6 is 0 Å². The number of fused-ring (bicyclic) bond motifs is 1. The Labute approximate surface area is 186 Å². The summed E-state index contributed by atoms with van der Waals surface area (Å²) in [5.74, 6) is 2.10. The van der Waals surface area contributed by atoms with E-state index < -0.39 is 0 Å². The second-order valence-electron chi connectivity index (χ2n) is 8.45. The third-order valence-corrected chi connectivity index (χ3v) is 6.19. The highest BCUT2D eigenvalue weighted by atomic mass is 16.5. The molecule has 1 aromatic carbocycles. The number of amides is 1. The fourth-order valence-corrected chi connectivity index (χ4v) is 4.22. The fraction of sp³-hybridized carbons (Fsp3) is 0.458. The van der Waals surface area contributed by atoms with Gasteiger partial charge < -0.3 is 24.1 Å². The quantitative estimate of drug-likeness (QED) is 0.579. The van der Waals surface area contributed by atoms with Crippen LogP contribution in [0.2, 0.25) is 0 Å². The molecule has 3 heterocycles. The third kappa shape index (κ3) is 3.85. The molecule has 2 aromatic heterocycles. The van der Waals surface area contributed by atoms with Crippen molar-refractivity contribution in [1.82, 2.24) is 19.9 Å². The van der Waals surface area contributed by atoms with E-state index in [1.54, 1.807) is 7.11 Å². The number of hydrogen-bond donors (Lipinski definition) is 1. The number of ether oxygens (including phenoxy) is 3. The lowest BCUT2D eigenvalue weighted by molar-refractivity contribution is -0.119. The molecule has 1 saturated heterocycles. The smallest absolute Gasteiger partial charge is 0.241 e. The van der Waals surface area contributed by atoms with E-state index in [1.807, 2.05) is 44.4 Å². The van der Waals surface area contributed by atoms with Crippen LogP contribution in [0.4, 0.5) is 0 Å². The van der Waals surface area contributed by atoms with E-state index in [4.69, 9.17) is 19.2 Å². The zero-order chi connectivity index (χ0) is 22.2. The summed E-state index contributed by atoms with van der Waals surface area (Å²) in [5.41, 5.74) is 3.41. The van der Waals surface area contributed by atoms with Gasteiger partial charge in [0.25, 0.3) is 0 Å². The fourth-order valence-electron chi connectivity index (χ4n) is 4.22. The summed E-state index contributed by atoms with van der Waals surface area (Å²) in [4.78, 5) is 21.3. The molecule has 1 aliphatic carbocycles. The van der Waals surface area contributed by atoms with Crippen molar-refractivity contribution in [1.29, 1.82) is 0 Å². The summed E-state index contributed by atoms with van der Waals surface area (Å²) < 4.78 is 19.7. The predicted octanol–water partition coefficient (Wildman–Crippen LogP) is 3.74. The van der Waals surface area contributed by atoms with E-state index in [1.165, 1.54) is 0 Å². The molecule has 1 amide bonds. The zero-order valence-electron chi connectivity index (χ0n) is 18.6. The minimum atomic E-state index is -0.155. The van der Waals surface area contributed by atoms with Crippen molar-refractivity contribution in [3.8, 4) is 28.6 Å². The summed E-state index contributed by atoms with van der Waals surface area (Å²) in [7, 11) is 1.63. The molecule has 2 atom stereocenters. The first-order chi connectivity index (χ1) is 15.6. The highest BCUT2D eigenvalue weighted by Crippen LogP contribution is 2.41. The molecule has 2 aliphatic rings. The van der Waals surface area contributed by atoms with Crippen LogP contribution in [0.5, 0.6) is 17.4 Å². The standard InChI is InChI=1S/C24H28N4O4/c1-4-31-21-9-15(5-8-20(21)30-3)18-11-19-23(28(13-26-19)17-6-7-17)24(27-18)32-14(2)16-10-22(29)25-12-16/h5,8-9,11,13-14,16-17H,4,6-7,10,12H2,1-3H3,(H,25,29). The number of carbonyl (C=O) groups excluding carboxylic acids is 1. The van der Waals surface area contributed by atoms with Crippen molar-refractivity contribution in [3.63, 3.8) is 0 Å². The third-order valence-electron chi connectivity index (χ3n) is 6.19. The van der Waals surface area contributed by atoms with Crippen molar-refractivity contribution < 1.29 is 19.0 Å². The number of carbonyl (C=O) groups is 1. The Morgan fingerprint density at radius 3 is 2.78 bits per heavy atom. The molecule has 0 bridgehead atoms. The van der Waals surface area contributed by atoms with Gasteiger partial charge in [-0.25, -0.2) is 9.97 Å². The molecule has 8 nitrogen and oxygen atoms in total. The molecule has 1 N–H and O–H groups in total. The van der Waals surface area contributed by atoms with Crippen LogP contribution in [-0.4, -0.2) is 46.8 Å². The van der Waals surface area contributed by atoms with E-state index in [0.717, 1.165) is 35.1 Å². The van der Waals surface area contributed by atoms with Gasteiger partial charge in [-0.1, -0.05) is 0 Å². The van der Waals surface area contributed by atoms with Crippen molar-refractivity contribution in [2.75, 3.05) is 20.3 Å². The summed E-state index contributed by atoms with van der Waals surface area (Å²) in [6.07, 6.45) is 4.48. The van der Waals surface area contributed by atoms with Crippen LogP contribution < -0.4 is 19.5 Å². The van der Waals surface area contributed by atoms with Gasteiger partial charge in [-0.3, -0.25) is 4.79 Å². The van der Waals surface area contributed by atoms with E-state index in [0.29, 0.717) is 43.0 Å². The highest BCUT2D eigenvalue weighted by Gasteiger charge is 2.31. The Balaban J connectivity index is 1.56. The molecule has 3 aromatic rings. The van der Waals surface area contributed by atoms with Gasteiger partial charge in [-0.2, -0.15) is 0 Å². The summed E-state index contributed by atoms with van der Waals surface area (Å²) >= 11 is 0. The summed E-state index contributed by atoms with van der Waals surface area (Å²) in [5, 5.41) is 2.89. The topological polar surface area (TPSA) is 87.5 Å². The van der Waals surface area contributed by atoms with Gasteiger partial charge >= 0.3 is 0 Å². The highest BCUT2D eigenvalue weighted by molar-refractivity contribution is 5.85. The molecule has 0 spiro atoms. The first-order valence-corrected chi connectivity index (χ1v) is 11.2. The average Bonchev–Trinajstić information content (AvgIpc) is 3.39. The number of rotatable bonds is 8. The van der Waals surface area contributed by atoms with Gasteiger partial charge in [-0.05, 0) is 51.0 Å². The van der Waals surface area contributed by atoms with E-state index >= 15 is 0 Å². The number of nitrogens with one attached hydrogen (secondary N) is 1. The molecule has 32 heavy (non-hydrogen) atoms. The SMILES string of the molecule is CCOc1cc(-c2cc3ncn(C4CC4)c3c(OC(C)C3CNC(=O)C3)n2)ccc1OC. The maximum atomic E-state index is 11.7. The molecule has 8 heteroatoms. The Bertz CT molecular complexity index is 1150. The molecule has 2 fully saturated rings. The molecule has 2 unspecified atom stereocenters. The first-order valence-electron chi connectivity index (χ1n) is 11.2. The number of aromatic nitrogens is 3. The van der Waals surface area contributed by atoms with Crippen LogP contribution in [0.15, 0.2) is 30.6 Å². The molecule has 0 radical (unpaired) electrons. The lowest BCUT2D eigenvalue weighted by atomic mass is 10.0. The van der Waals surface area contributed by atoms with Crippen molar-refractivity contribution in [2.24, 2.45) is 5.92 Å². The second kappa shape index (κ2) is 8.33. The number of pyridine rings is 1. The Hall–Kier alpha value is -3.29. The van der Waals surface area contributed by atoms with E-state index in [2.05, 4.69) is 14.9 Å². The van der Waals surface area contributed by atoms with E-state index in [9.17, 15) is 4.79 Å². The van der Waals surface area contributed by atoms with Gasteiger partial charge in [0, 0.05) is 30.5 Å². The maximum absolute atomic E-state index is 11.7. The van der Waals surface area contributed by atoms with Gasteiger partial charge in [-0.15, -0.1) is 0 Å². The molecule has 1 aliphatic heterocycles. The van der Waals surface area contributed by atoms with Gasteiger partial charge in [0.05, 0.1) is 31.3 Å². The van der Waals surface area contributed by atoms with Gasteiger partial charge in [0.15, 0.2) is 11.5 Å². The molecule has 1 saturated carbocycles. The number of benzene rings is 1. The molecular formula is C24H28N4O4. The van der Waals surface area contributed by atoms with Crippen molar-refractivity contribution >= 4 is 16.9 Å². The molecule has 168 valence electrons. The normalized spacial score (nSPS) is 19.1. The first kappa shape index (κ1) is 20.6. The van der Waals surface area contributed by atoms with Crippen molar-refractivity contribution in [2.45, 2.75) is 45.3 Å². The Kier molecular flexibility index (Phi) is 5.36. The Morgan fingerprint density at radius 1 is 1.25 bits per heavy atom. The molecule has 5 rings (SSSR count). The minimum Gasteiger partial charge on any atom is -0.493 e. The predicted molar refractivity (Wildman–Crippen MR) is 120 cm³/mol. The zero-order valence-corrected chi connectivity index (χ0v) is 18.6. The number of hydrogen-bond acceptors (Lipinski definition) is 6. The largest absolute Gasteiger partial charge is 0.493 e. The monoisotopic (exact) mass is 436 g/mol. The lowest BCUT2D eigenvalue weighted by Gasteiger charge is -2.20. The number of imidazole rings is 1. The van der Waals surface area contributed by atoms with Crippen LogP contribution in [-0.2, 0) is 4.79 Å². The lowest BCUT2D eigenvalue weighted by Crippen LogP contribution is -2.26. The second-order valence-corrected chi connectivity index (χ2v) is 8.45. The summed E-state index contributed by atoms with van der Waals surface area (Å²) in [6.45, 7) is 5.11. The van der Waals surface area contributed by atoms with Crippen molar-refractivity contribution in [3.05, 3.63) is 30.6 Å². The average molecular weight is 437 g/mol. The van der Waals surface area contributed by atoms with Crippen LogP contribution in [0.1, 0.15) is 39.2 Å². The van der Waals surface area contributed by atoms with E-state index in [-0.39, 0.29) is 17.9 Å². The maximum Gasteiger partial charge on any atom is 0.241 e. The number of nitrogens with zero attached hydrogens (tertiary/aromatic N) is 3. The Morgan fingerprint density at radius 2 is 2.09 bits per heavy atom. The summed E-state index contributed by atoms with van der Waals surface area (Å²) in [6, 6.07) is 8.21. The van der Waals surface area contributed by atoms with Gasteiger partial charge in [0.1, 0.15) is 11.6 Å². The van der Waals surface area contributed by atoms with Gasteiger partial charge in [0.2, 0.25) is 11.8 Å². The van der Waals surface area contributed by atoms with Crippen LogP contribution in [0, 0.1) is 5.92 Å². The van der Waals surface area contributed by atoms with Crippen LogP contribution in [0.3, 0.4) is 0 Å².